The molecule has 154 valence electrons. The number of rotatable bonds is 4. The number of aromatic nitrogens is 2. The Bertz CT molecular complexity index is 650. The Kier molecular flexibility index (Phi) is 5.79. The van der Waals surface area contributed by atoms with Gasteiger partial charge in [-0.25, -0.2) is 9.97 Å². The largest absolute Gasteiger partial charge is 0.381 e. The molecule has 3 aliphatic heterocycles. The normalized spacial score (nSPS) is 25.9. The lowest BCUT2D eigenvalue weighted by Gasteiger charge is -2.43. The average molecular weight is 386 g/mol. The highest BCUT2D eigenvalue weighted by molar-refractivity contribution is 5.49. The quantitative estimate of drug-likeness (QED) is 0.790. The van der Waals surface area contributed by atoms with Crippen LogP contribution in [0.1, 0.15) is 43.4 Å². The van der Waals surface area contributed by atoms with E-state index in [-0.39, 0.29) is 0 Å². The number of hydrogen-bond acceptors (Lipinski definition) is 6. The van der Waals surface area contributed by atoms with E-state index in [9.17, 15) is 0 Å². The molecule has 4 aliphatic rings. The van der Waals surface area contributed by atoms with Gasteiger partial charge in [-0.15, -0.1) is 0 Å². The van der Waals surface area contributed by atoms with Crippen LogP contribution in [-0.2, 0) is 17.6 Å². The van der Waals surface area contributed by atoms with Gasteiger partial charge in [0.25, 0.3) is 0 Å². The number of anilines is 1. The summed E-state index contributed by atoms with van der Waals surface area (Å²) < 4.78 is 5.53. The molecule has 5 rings (SSSR count). The van der Waals surface area contributed by atoms with E-state index in [2.05, 4.69) is 19.7 Å². The molecule has 0 atom stereocenters. The Labute approximate surface area is 169 Å². The molecule has 0 unspecified atom stereocenters. The van der Waals surface area contributed by atoms with Gasteiger partial charge < -0.3 is 14.5 Å². The fraction of sp³-hybridized carbons (Fsp3) is 0.818. The molecule has 0 spiro atoms. The van der Waals surface area contributed by atoms with Crippen molar-refractivity contribution in [3.05, 3.63) is 17.6 Å². The molecular weight excluding hydrogens is 350 g/mol. The summed E-state index contributed by atoms with van der Waals surface area (Å²) >= 11 is 0. The molecular formula is C22H35N5O. The lowest BCUT2D eigenvalue weighted by atomic mass is 9.91. The first kappa shape index (κ1) is 18.8. The average Bonchev–Trinajstić information content (AvgIpc) is 2.91. The van der Waals surface area contributed by atoms with Crippen LogP contribution in [0, 0.1) is 5.92 Å². The number of hydrogen-bond donors (Lipinski definition) is 0. The van der Waals surface area contributed by atoms with Gasteiger partial charge in [0.1, 0.15) is 12.1 Å². The Balaban J connectivity index is 1.22. The third-order valence-corrected chi connectivity index (χ3v) is 7.42. The van der Waals surface area contributed by atoms with Gasteiger partial charge in [0, 0.05) is 77.1 Å². The molecule has 1 aromatic rings. The summed E-state index contributed by atoms with van der Waals surface area (Å²) in [5.41, 5.74) is 2.72. The number of nitrogens with zero attached hydrogens (tertiary/aromatic N) is 5. The maximum atomic E-state index is 5.53. The van der Waals surface area contributed by atoms with Crippen LogP contribution in [-0.4, -0.2) is 84.8 Å². The van der Waals surface area contributed by atoms with Gasteiger partial charge in [0.15, 0.2) is 0 Å². The zero-order valence-corrected chi connectivity index (χ0v) is 17.2. The van der Waals surface area contributed by atoms with E-state index < -0.39 is 0 Å². The van der Waals surface area contributed by atoms with Gasteiger partial charge in [-0.2, -0.15) is 0 Å². The van der Waals surface area contributed by atoms with Crippen molar-refractivity contribution in [3.8, 4) is 0 Å². The lowest BCUT2D eigenvalue weighted by Crippen LogP contribution is -2.52. The monoisotopic (exact) mass is 385 g/mol. The molecule has 0 N–H and O–H groups in total. The van der Waals surface area contributed by atoms with Crippen LogP contribution >= 0.6 is 0 Å². The second kappa shape index (κ2) is 8.64. The lowest BCUT2D eigenvalue weighted by molar-refractivity contribution is 0.0530. The van der Waals surface area contributed by atoms with E-state index in [1.54, 1.807) is 6.33 Å². The minimum Gasteiger partial charge on any atom is -0.381 e. The zero-order valence-electron chi connectivity index (χ0n) is 17.2. The minimum atomic E-state index is 0.806. The highest BCUT2D eigenvalue weighted by Gasteiger charge is 2.30. The number of fused-ring (bicyclic) bond motifs is 1. The molecule has 0 amide bonds. The summed E-state index contributed by atoms with van der Waals surface area (Å²) in [6, 6.07) is 0.864. The van der Waals surface area contributed by atoms with Gasteiger partial charge in [-0.1, -0.05) is 6.42 Å². The Morgan fingerprint density at radius 2 is 1.68 bits per heavy atom. The van der Waals surface area contributed by atoms with Crippen molar-refractivity contribution in [2.24, 2.45) is 5.92 Å². The first-order valence-electron chi connectivity index (χ1n) is 11.5. The van der Waals surface area contributed by atoms with Crippen molar-refractivity contribution in [2.75, 3.05) is 63.9 Å². The van der Waals surface area contributed by atoms with Crippen LogP contribution in [0.25, 0.3) is 0 Å². The maximum absolute atomic E-state index is 5.53. The van der Waals surface area contributed by atoms with E-state index in [0.29, 0.717) is 0 Å². The SMILES string of the molecule is c1nc2c(c(N3CCN(C4CCC4)CC3)n1)CCN(CC1CCOCC1)CC2. The Morgan fingerprint density at radius 3 is 2.43 bits per heavy atom. The fourth-order valence-corrected chi connectivity index (χ4v) is 5.36. The molecule has 0 aromatic carbocycles. The molecule has 0 bridgehead atoms. The minimum absolute atomic E-state index is 0.806. The van der Waals surface area contributed by atoms with Crippen LogP contribution in [0.3, 0.4) is 0 Å². The van der Waals surface area contributed by atoms with E-state index in [0.717, 1.165) is 64.2 Å². The Hall–Kier alpha value is -1.24. The predicted octanol–water partition coefficient (Wildman–Crippen LogP) is 1.98. The molecule has 2 saturated heterocycles. The summed E-state index contributed by atoms with van der Waals surface area (Å²) in [4.78, 5) is 17.3. The van der Waals surface area contributed by atoms with Gasteiger partial charge in [-0.3, -0.25) is 4.90 Å². The predicted molar refractivity (Wildman–Crippen MR) is 111 cm³/mol. The van der Waals surface area contributed by atoms with Gasteiger partial charge in [0.2, 0.25) is 0 Å². The topological polar surface area (TPSA) is 44.7 Å². The third kappa shape index (κ3) is 4.05. The van der Waals surface area contributed by atoms with Crippen molar-refractivity contribution >= 4 is 5.82 Å². The molecule has 28 heavy (non-hydrogen) atoms. The number of piperazine rings is 1. The Morgan fingerprint density at radius 1 is 0.893 bits per heavy atom. The van der Waals surface area contributed by atoms with E-state index in [1.807, 2.05) is 0 Å². The van der Waals surface area contributed by atoms with Crippen LogP contribution in [0.4, 0.5) is 5.82 Å². The van der Waals surface area contributed by atoms with Gasteiger partial charge in [0.05, 0.1) is 5.69 Å². The molecule has 3 fully saturated rings. The van der Waals surface area contributed by atoms with Crippen LogP contribution < -0.4 is 4.90 Å². The van der Waals surface area contributed by atoms with Gasteiger partial charge in [-0.05, 0) is 38.0 Å². The second-order valence-corrected chi connectivity index (χ2v) is 9.09. The highest BCUT2D eigenvalue weighted by atomic mass is 16.5. The molecule has 1 aliphatic carbocycles. The zero-order chi connectivity index (χ0) is 18.8. The summed E-state index contributed by atoms with van der Waals surface area (Å²) in [6.07, 6.45) is 10.7. The summed E-state index contributed by atoms with van der Waals surface area (Å²) in [5, 5.41) is 0. The van der Waals surface area contributed by atoms with Crippen molar-refractivity contribution in [3.63, 3.8) is 0 Å². The van der Waals surface area contributed by atoms with Crippen molar-refractivity contribution in [2.45, 2.75) is 51.0 Å². The van der Waals surface area contributed by atoms with E-state index in [4.69, 9.17) is 9.72 Å². The summed E-state index contributed by atoms with van der Waals surface area (Å²) in [6.45, 7) is 10.0. The summed E-state index contributed by atoms with van der Waals surface area (Å²) in [5.74, 6) is 2.03. The smallest absolute Gasteiger partial charge is 0.135 e. The molecule has 6 heteroatoms. The van der Waals surface area contributed by atoms with Crippen LogP contribution in [0.15, 0.2) is 6.33 Å². The van der Waals surface area contributed by atoms with Crippen LogP contribution in [0.2, 0.25) is 0 Å². The summed E-state index contributed by atoms with van der Waals surface area (Å²) in [7, 11) is 0. The highest BCUT2D eigenvalue weighted by Crippen LogP contribution is 2.29. The standard InChI is InChI=1S/C22H35N5O/c1-2-19(3-1)26-10-12-27(13-11-26)22-20-4-8-25(9-5-21(20)23-17-24-22)16-18-6-14-28-15-7-18/h17-19H,1-16H2. The van der Waals surface area contributed by atoms with Gasteiger partial charge >= 0.3 is 0 Å². The van der Waals surface area contributed by atoms with E-state index >= 15 is 0 Å². The second-order valence-electron chi connectivity index (χ2n) is 9.09. The third-order valence-electron chi connectivity index (χ3n) is 7.42. The van der Waals surface area contributed by atoms with E-state index in [1.165, 1.54) is 68.8 Å². The number of ether oxygens (including phenoxy) is 1. The fourth-order valence-electron chi connectivity index (χ4n) is 5.36. The molecule has 1 saturated carbocycles. The molecule has 0 radical (unpaired) electrons. The maximum Gasteiger partial charge on any atom is 0.135 e. The van der Waals surface area contributed by atoms with Crippen LogP contribution in [0.5, 0.6) is 0 Å². The molecule has 6 nitrogen and oxygen atoms in total. The van der Waals surface area contributed by atoms with Crippen molar-refractivity contribution in [1.29, 1.82) is 0 Å². The first-order chi connectivity index (χ1) is 13.9. The first-order valence-corrected chi connectivity index (χ1v) is 11.5. The molecule has 4 heterocycles. The van der Waals surface area contributed by atoms with Crippen molar-refractivity contribution in [1.82, 2.24) is 19.8 Å². The molecule has 1 aromatic heterocycles. The van der Waals surface area contributed by atoms with Crippen molar-refractivity contribution < 1.29 is 4.74 Å².